The van der Waals surface area contributed by atoms with Crippen molar-refractivity contribution < 1.29 is 9.90 Å². The maximum absolute atomic E-state index is 11.6. The monoisotopic (exact) mass is 496 g/mol. The van der Waals surface area contributed by atoms with Crippen LogP contribution in [0.15, 0.2) is 24.8 Å². The van der Waals surface area contributed by atoms with Gasteiger partial charge in [-0.15, -0.1) is 6.58 Å². The Morgan fingerprint density at radius 3 is 1.86 bits per heavy atom. The van der Waals surface area contributed by atoms with Crippen LogP contribution in [0.2, 0.25) is 0 Å². The van der Waals surface area contributed by atoms with E-state index >= 15 is 0 Å². The van der Waals surface area contributed by atoms with Gasteiger partial charge in [-0.25, -0.2) is 0 Å². The zero-order valence-electron chi connectivity index (χ0n) is 26.1. The largest absolute Gasteiger partial charge is 0.392 e. The molecule has 3 heteroatoms. The zero-order valence-corrected chi connectivity index (χ0v) is 26.1. The van der Waals surface area contributed by atoms with E-state index in [2.05, 4.69) is 72.3 Å². The van der Waals surface area contributed by atoms with Crippen molar-refractivity contribution in [2.24, 2.45) is 40.9 Å². The molecule has 3 rings (SSSR count). The third-order valence-electron chi connectivity index (χ3n) is 7.09. The minimum atomic E-state index is -0.515. The van der Waals surface area contributed by atoms with E-state index in [1.165, 1.54) is 19.3 Å². The van der Waals surface area contributed by atoms with E-state index in [1.807, 2.05) is 41.5 Å². The normalized spacial score (nSPS) is 34.0. The molecule has 0 bridgehead atoms. The predicted molar refractivity (Wildman–Crippen MR) is 159 cm³/mol. The summed E-state index contributed by atoms with van der Waals surface area (Å²) in [6.45, 7) is 28.1. The number of hydrogen-bond acceptors (Lipinski definition) is 3. The molecule has 0 spiro atoms. The first kappa shape index (κ1) is 38.6. The molecule has 2 fully saturated rings. The van der Waals surface area contributed by atoms with E-state index in [0.29, 0.717) is 30.1 Å². The average Bonchev–Trinajstić information content (AvgIpc) is 2.87. The van der Waals surface area contributed by atoms with Crippen molar-refractivity contribution in [1.82, 2.24) is 4.90 Å². The summed E-state index contributed by atoms with van der Waals surface area (Å²) in [4.78, 5) is 13.8. The van der Waals surface area contributed by atoms with Crippen LogP contribution in [0.3, 0.4) is 0 Å². The minimum absolute atomic E-state index is 0.232. The lowest BCUT2D eigenvalue weighted by atomic mass is 9.52. The van der Waals surface area contributed by atoms with Gasteiger partial charge in [-0.05, 0) is 75.9 Å². The Hall–Kier alpha value is -0.930. The average molecular weight is 496 g/mol. The molecule has 35 heavy (non-hydrogen) atoms. The number of aliphatic hydroxyl groups excluding tert-OH is 1. The second-order valence-corrected chi connectivity index (χ2v) is 10.1. The molecule has 0 aromatic heterocycles. The van der Waals surface area contributed by atoms with Crippen molar-refractivity contribution in [2.45, 2.75) is 114 Å². The Bertz CT molecular complexity index is 520. The molecular weight excluding hydrogens is 430 g/mol. The zero-order chi connectivity index (χ0) is 28.2. The first-order chi connectivity index (χ1) is 16.7. The molecule has 3 aliphatic rings. The predicted octanol–water partition coefficient (Wildman–Crippen LogP) is 8.68. The highest BCUT2D eigenvalue weighted by Gasteiger charge is 2.51. The molecule has 3 aliphatic carbocycles. The third-order valence-corrected chi connectivity index (χ3v) is 7.09. The molecule has 0 saturated heterocycles. The SMILES string of the molecule is C=CC1(C=O)CC(O)C2C=CC3CC(C)CC(C)C3C2C1.CC.CC.CC.CCC.CCN(C)C. The van der Waals surface area contributed by atoms with Gasteiger partial charge in [-0.2, -0.15) is 0 Å². The van der Waals surface area contributed by atoms with Crippen molar-refractivity contribution in [2.75, 3.05) is 20.6 Å². The number of rotatable bonds is 3. The molecule has 0 heterocycles. The standard InChI is InChI=1S/C19H28O2.C4H11N.C3H8.3C2H6/c1-4-19(11-20)9-16-15(17(21)10-19)6-5-14-8-12(2)7-13(3)18(14)16;1-4-5(2)3;1-3-2;3*1-2/h4-6,11-18,21H,1,7-10H2,2-3H3;4H2,1-3H3;3H2,1-2H3;3*1-2H3. The van der Waals surface area contributed by atoms with Gasteiger partial charge in [0.1, 0.15) is 6.29 Å². The van der Waals surface area contributed by atoms with E-state index in [1.54, 1.807) is 6.08 Å². The van der Waals surface area contributed by atoms with Crippen LogP contribution >= 0.6 is 0 Å². The molecule has 210 valence electrons. The van der Waals surface area contributed by atoms with Crippen molar-refractivity contribution >= 4 is 6.29 Å². The highest BCUT2D eigenvalue weighted by Crippen LogP contribution is 2.55. The molecule has 0 aromatic carbocycles. The van der Waals surface area contributed by atoms with Crippen LogP contribution in [0.5, 0.6) is 0 Å². The van der Waals surface area contributed by atoms with Gasteiger partial charge in [0, 0.05) is 11.3 Å². The number of nitrogens with zero attached hydrogens (tertiary/aromatic N) is 1. The number of carbonyl (C=O) groups excluding carboxylic acids is 1. The lowest BCUT2D eigenvalue weighted by Gasteiger charge is -2.53. The van der Waals surface area contributed by atoms with Crippen LogP contribution in [0, 0.1) is 40.9 Å². The second kappa shape index (κ2) is 22.3. The first-order valence-electron chi connectivity index (χ1n) is 14.8. The molecule has 8 unspecified atom stereocenters. The molecule has 8 atom stereocenters. The summed E-state index contributed by atoms with van der Waals surface area (Å²) in [5.41, 5.74) is -0.515. The fourth-order valence-electron chi connectivity index (χ4n) is 5.59. The van der Waals surface area contributed by atoms with Gasteiger partial charge in [0.05, 0.1) is 6.10 Å². The van der Waals surface area contributed by atoms with Crippen molar-refractivity contribution in [3.8, 4) is 0 Å². The number of carbonyl (C=O) groups is 1. The highest BCUT2D eigenvalue weighted by molar-refractivity contribution is 5.63. The fraction of sp³-hybridized carbons (Fsp3) is 0.844. The van der Waals surface area contributed by atoms with Crippen LogP contribution < -0.4 is 0 Å². The summed E-state index contributed by atoms with van der Waals surface area (Å²) in [6.07, 6.45) is 12.2. The summed E-state index contributed by atoms with van der Waals surface area (Å²) >= 11 is 0. The smallest absolute Gasteiger partial charge is 0.130 e. The third kappa shape index (κ3) is 12.7. The summed E-state index contributed by atoms with van der Waals surface area (Å²) in [5.74, 6) is 3.36. The summed E-state index contributed by atoms with van der Waals surface area (Å²) < 4.78 is 0. The van der Waals surface area contributed by atoms with Crippen molar-refractivity contribution in [3.05, 3.63) is 24.8 Å². The quantitative estimate of drug-likeness (QED) is 0.314. The Labute approximate surface area is 221 Å². The molecule has 1 N–H and O–H groups in total. The van der Waals surface area contributed by atoms with Crippen molar-refractivity contribution in [1.29, 1.82) is 0 Å². The lowest BCUT2D eigenvalue weighted by molar-refractivity contribution is -0.123. The van der Waals surface area contributed by atoms with E-state index in [0.717, 1.165) is 25.2 Å². The molecule has 0 aliphatic heterocycles. The van der Waals surface area contributed by atoms with Crippen LogP contribution in [0.4, 0.5) is 0 Å². The van der Waals surface area contributed by atoms with Gasteiger partial charge in [0.25, 0.3) is 0 Å². The summed E-state index contributed by atoms with van der Waals surface area (Å²) in [5, 5.41) is 10.6. The molecule has 0 amide bonds. The Morgan fingerprint density at radius 2 is 1.46 bits per heavy atom. The van der Waals surface area contributed by atoms with Gasteiger partial charge in [0.15, 0.2) is 0 Å². The molecule has 0 aromatic rings. The van der Waals surface area contributed by atoms with E-state index in [-0.39, 0.29) is 5.92 Å². The molecule has 2 saturated carbocycles. The van der Waals surface area contributed by atoms with E-state index in [4.69, 9.17) is 0 Å². The fourth-order valence-corrected chi connectivity index (χ4v) is 5.59. The second-order valence-electron chi connectivity index (χ2n) is 10.1. The maximum atomic E-state index is 11.6. The summed E-state index contributed by atoms with van der Waals surface area (Å²) in [7, 11) is 4.11. The number of allylic oxidation sites excluding steroid dienone is 2. The number of hydrogen-bond donors (Lipinski definition) is 1. The van der Waals surface area contributed by atoms with Gasteiger partial charge in [0.2, 0.25) is 0 Å². The molecular formula is C32H65NO2. The maximum Gasteiger partial charge on any atom is 0.130 e. The van der Waals surface area contributed by atoms with E-state index in [9.17, 15) is 9.90 Å². The van der Waals surface area contributed by atoms with E-state index < -0.39 is 11.5 Å². The highest BCUT2D eigenvalue weighted by atomic mass is 16.3. The van der Waals surface area contributed by atoms with Crippen LogP contribution in [0.25, 0.3) is 0 Å². The van der Waals surface area contributed by atoms with Crippen LogP contribution in [0.1, 0.15) is 108 Å². The molecule has 0 radical (unpaired) electrons. The first-order valence-corrected chi connectivity index (χ1v) is 14.8. The summed E-state index contributed by atoms with van der Waals surface area (Å²) in [6, 6.07) is 0. The minimum Gasteiger partial charge on any atom is -0.392 e. The number of aliphatic hydroxyl groups is 1. The Balaban J connectivity index is -0.000000617. The van der Waals surface area contributed by atoms with Crippen LogP contribution in [-0.2, 0) is 4.79 Å². The lowest BCUT2D eigenvalue weighted by Crippen LogP contribution is -2.50. The topological polar surface area (TPSA) is 40.5 Å². The van der Waals surface area contributed by atoms with Gasteiger partial charge in [-0.3, -0.25) is 0 Å². The van der Waals surface area contributed by atoms with Crippen molar-refractivity contribution in [3.63, 3.8) is 0 Å². The van der Waals surface area contributed by atoms with Gasteiger partial charge < -0.3 is 14.8 Å². The Morgan fingerprint density at radius 1 is 0.971 bits per heavy atom. The number of aldehydes is 1. The van der Waals surface area contributed by atoms with Gasteiger partial charge >= 0.3 is 0 Å². The van der Waals surface area contributed by atoms with Gasteiger partial charge in [-0.1, -0.05) is 101 Å². The molecule has 3 nitrogen and oxygen atoms in total. The number of fused-ring (bicyclic) bond motifs is 3. The van der Waals surface area contributed by atoms with Crippen LogP contribution in [-0.4, -0.2) is 43.0 Å². The Kier molecular flexibility index (Phi) is 24.6.